The van der Waals surface area contributed by atoms with Gasteiger partial charge in [0, 0.05) is 13.1 Å². The van der Waals surface area contributed by atoms with Crippen molar-refractivity contribution in [1.82, 2.24) is 14.5 Å². The van der Waals surface area contributed by atoms with E-state index in [1.807, 2.05) is 54.3 Å². The first-order chi connectivity index (χ1) is 14.4. The monoisotopic (exact) mass is 421 g/mol. The van der Waals surface area contributed by atoms with Gasteiger partial charge in [0.05, 0.1) is 22.3 Å². The lowest BCUT2D eigenvalue weighted by molar-refractivity contribution is -0.130. The summed E-state index contributed by atoms with van der Waals surface area (Å²) in [5.41, 5.74) is 2.43. The summed E-state index contributed by atoms with van der Waals surface area (Å²) in [4.78, 5) is 32.9. The number of carbonyl (C=O) groups is 1. The van der Waals surface area contributed by atoms with Crippen LogP contribution >= 0.6 is 11.8 Å². The summed E-state index contributed by atoms with van der Waals surface area (Å²) in [6.07, 6.45) is 1.16. The molecule has 0 spiro atoms. The number of hydrogen-bond donors (Lipinski definition) is 0. The molecule has 30 heavy (non-hydrogen) atoms. The van der Waals surface area contributed by atoms with E-state index in [1.165, 1.54) is 11.8 Å². The van der Waals surface area contributed by atoms with Gasteiger partial charge in [-0.3, -0.25) is 14.2 Å². The molecule has 0 radical (unpaired) electrons. The number of nitrogens with zero attached hydrogens (tertiary/aromatic N) is 3. The fourth-order valence-electron chi connectivity index (χ4n) is 4.21. The molecule has 2 atom stereocenters. The number of thioether (sulfide) groups is 1. The first-order valence-electron chi connectivity index (χ1n) is 10.4. The van der Waals surface area contributed by atoms with Crippen LogP contribution in [0.2, 0.25) is 0 Å². The van der Waals surface area contributed by atoms with Crippen molar-refractivity contribution in [1.29, 1.82) is 0 Å². The number of aryl methyl sites for hydroxylation is 1. The van der Waals surface area contributed by atoms with Crippen molar-refractivity contribution in [2.45, 2.75) is 32.3 Å². The summed E-state index contributed by atoms with van der Waals surface area (Å²) in [5.74, 6) is 1.42. The van der Waals surface area contributed by atoms with Gasteiger partial charge in [0.2, 0.25) is 5.91 Å². The Kier molecular flexibility index (Phi) is 5.95. The lowest BCUT2D eigenvalue weighted by Crippen LogP contribution is -2.43. The van der Waals surface area contributed by atoms with E-state index in [0.29, 0.717) is 27.9 Å². The van der Waals surface area contributed by atoms with Gasteiger partial charge < -0.3 is 4.90 Å². The minimum absolute atomic E-state index is 0.108. The van der Waals surface area contributed by atoms with Crippen molar-refractivity contribution in [2.75, 3.05) is 18.8 Å². The Morgan fingerprint density at radius 3 is 2.43 bits per heavy atom. The summed E-state index contributed by atoms with van der Waals surface area (Å²) in [6, 6.07) is 15.2. The maximum absolute atomic E-state index is 13.3. The Balaban J connectivity index is 1.67. The zero-order valence-electron chi connectivity index (χ0n) is 17.7. The number of rotatable bonds is 4. The van der Waals surface area contributed by atoms with Crippen molar-refractivity contribution in [3.05, 3.63) is 64.4 Å². The second kappa shape index (κ2) is 8.64. The second-order valence-corrected chi connectivity index (χ2v) is 9.36. The highest BCUT2D eigenvalue weighted by Gasteiger charge is 2.26. The van der Waals surface area contributed by atoms with Gasteiger partial charge in [-0.2, -0.15) is 0 Å². The van der Waals surface area contributed by atoms with Gasteiger partial charge in [0.15, 0.2) is 5.16 Å². The molecule has 0 unspecified atom stereocenters. The number of para-hydroxylation sites is 1. The highest BCUT2D eigenvalue weighted by molar-refractivity contribution is 7.99. The molecule has 4 rings (SSSR count). The Bertz CT molecular complexity index is 1110. The third-order valence-electron chi connectivity index (χ3n) is 5.58. The molecular weight excluding hydrogens is 394 g/mol. The summed E-state index contributed by atoms with van der Waals surface area (Å²) >= 11 is 1.34. The van der Waals surface area contributed by atoms with Crippen LogP contribution in [0.5, 0.6) is 0 Å². The summed E-state index contributed by atoms with van der Waals surface area (Å²) in [7, 11) is 0. The topological polar surface area (TPSA) is 55.2 Å². The molecule has 156 valence electrons. The molecule has 3 aromatic rings. The lowest BCUT2D eigenvalue weighted by Gasteiger charge is -2.35. The standard InChI is InChI=1S/C24H27N3O2S/c1-16-8-10-19(11-9-16)27-23(29)20-6-4-5-7-21(20)25-24(27)30-15-22(28)26-13-17(2)12-18(3)14-26/h4-11,17-18H,12-15H2,1-3H3/t17-,18+. The van der Waals surface area contributed by atoms with E-state index in [1.54, 1.807) is 10.6 Å². The van der Waals surface area contributed by atoms with Crippen LogP contribution in [0.15, 0.2) is 58.5 Å². The van der Waals surface area contributed by atoms with Crippen molar-refractivity contribution < 1.29 is 4.79 Å². The number of likely N-dealkylation sites (tertiary alicyclic amines) is 1. The number of benzene rings is 2. The molecule has 0 N–H and O–H groups in total. The normalized spacial score (nSPS) is 19.2. The molecule has 1 aliphatic heterocycles. The fourth-order valence-corrected chi connectivity index (χ4v) is 5.13. The summed E-state index contributed by atoms with van der Waals surface area (Å²) in [6.45, 7) is 8.02. The number of hydrogen-bond acceptors (Lipinski definition) is 4. The van der Waals surface area contributed by atoms with Crippen LogP contribution in [-0.4, -0.2) is 39.2 Å². The van der Waals surface area contributed by atoms with Crippen molar-refractivity contribution in [2.24, 2.45) is 11.8 Å². The zero-order chi connectivity index (χ0) is 21.3. The molecule has 1 fully saturated rings. The molecule has 0 bridgehead atoms. The molecule has 0 saturated carbocycles. The average Bonchev–Trinajstić information content (AvgIpc) is 2.72. The average molecular weight is 422 g/mol. The van der Waals surface area contributed by atoms with Crippen LogP contribution < -0.4 is 5.56 Å². The summed E-state index contributed by atoms with van der Waals surface area (Å²) < 4.78 is 1.63. The first kappa shape index (κ1) is 20.7. The predicted octanol–water partition coefficient (Wildman–Crippen LogP) is 4.29. The van der Waals surface area contributed by atoms with Crippen LogP contribution in [-0.2, 0) is 4.79 Å². The number of amides is 1. The van der Waals surface area contributed by atoms with Crippen LogP contribution in [0, 0.1) is 18.8 Å². The van der Waals surface area contributed by atoms with Crippen molar-refractivity contribution in [3.63, 3.8) is 0 Å². The third-order valence-corrected chi connectivity index (χ3v) is 6.51. The number of fused-ring (bicyclic) bond motifs is 1. The van der Waals surface area contributed by atoms with Gasteiger partial charge >= 0.3 is 0 Å². The number of piperidine rings is 1. The van der Waals surface area contributed by atoms with Gasteiger partial charge in [-0.25, -0.2) is 4.98 Å². The minimum atomic E-state index is -0.111. The van der Waals surface area contributed by atoms with Crippen LogP contribution in [0.4, 0.5) is 0 Å². The maximum atomic E-state index is 13.3. The maximum Gasteiger partial charge on any atom is 0.266 e. The molecule has 0 aliphatic carbocycles. The highest BCUT2D eigenvalue weighted by Crippen LogP contribution is 2.25. The van der Waals surface area contributed by atoms with E-state index in [4.69, 9.17) is 4.98 Å². The fraction of sp³-hybridized carbons (Fsp3) is 0.375. The molecule has 6 heteroatoms. The van der Waals surface area contributed by atoms with Crippen LogP contribution in [0.25, 0.3) is 16.6 Å². The van der Waals surface area contributed by atoms with E-state index in [9.17, 15) is 9.59 Å². The second-order valence-electron chi connectivity index (χ2n) is 8.42. The quantitative estimate of drug-likeness (QED) is 0.466. The van der Waals surface area contributed by atoms with Gasteiger partial charge in [-0.1, -0.05) is 55.4 Å². The van der Waals surface area contributed by atoms with E-state index in [0.717, 1.165) is 30.8 Å². The Labute approximate surface area is 181 Å². The third kappa shape index (κ3) is 4.29. The predicted molar refractivity (Wildman–Crippen MR) is 122 cm³/mol. The van der Waals surface area contributed by atoms with Crippen LogP contribution in [0.3, 0.4) is 0 Å². The van der Waals surface area contributed by atoms with E-state index in [2.05, 4.69) is 13.8 Å². The lowest BCUT2D eigenvalue weighted by atomic mass is 9.92. The van der Waals surface area contributed by atoms with Gasteiger partial charge in [0.25, 0.3) is 5.56 Å². The van der Waals surface area contributed by atoms with Gasteiger partial charge in [-0.05, 0) is 49.4 Å². The Morgan fingerprint density at radius 1 is 1.07 bits per heavy atom. The van der Waals surface area contributed by atoms with E-state index in [-0.39, 0.29) is 17.2 Å². The SMILES string of the molecule is Cc1ccc(-n2c(SCC(=O)N3C[C@H](C)C[C@H](C)C3)nc3ccccc3c2=O)cc1. The number of aromatic nitrogens is 2. The summed E-state index contributed by atoms with van der Waals surface area (Å²) in [5, 5.41) is 1.13. The molecule has 1 aromatic heterocycles. The minimum Gasteiger partial charge on any atom is -0.341 e. The molecule has 2 heterocycles. The van der Waals surface area contributed by atoms with E-state index >= 15 is 0 Å². The molecule has 1 saturated heterocycles. The Morgan fingerprint density at radius 2 is 1.73 bits per heavy atom. The molecule has 5 nitrogen and oxygen atoms in total. The first-order valence-corrected chi connectivity index (χ1v) is 11.4. The Hall–Kier alpha value is -2.60. The van der Waals surface area contributed by atoms with Gasteiger partial charge in [0.1, 0.15) is 0 Å². The zero-order valence-corrected chi connectivity index (χ0v) is 18.5. The highest BCUT2D eigenvalue weighted by atomic mass is 32.2. The number of carbonyl (C=O) groups excluding carboxylic acids is 1. The molecule has 1 amide bonds. The molecular formula is C24H27N3O2S. The van der Waals surface area contributed by atoms with Crippen molar-refractivity contribution in [3.8, 4) is 5.69 Å². The van der Waals surface area contributed by atoms with Crippen molar-refractivity contribution >= 4 is 28.6 Å². The molecule has 1 aliphatic rings. The largest absolute Gasteiger partial charge is 0.341 e. The van der Waals surface area contributed by atoms with Gasteiger partial charge in [-0.15, -0.1) is 0 Å². The molecule has 2 aromatic carbocycles. The smallest absolute Gasteiger partial charge is 0.266 e. The van der Waals surface area contributed by atoms with E-state index < -0.39 is 0 Å². The van der Waals surface area contributed by atoms with Crippen LogP contribution in [0.1, 0.15) is 25.8 Å².